The maximum Gasteiger partial charge on any atom is 0.231 e. The molecule has 132 valence electrons. The van der Waals surface area contributed by atoms with Crippen LogP contribution in [0.1, 0.15) is 23.6 Å². The summed E-state index contributed by atoms with van der Waals surface area (Å²) in [6.07, 6.45) is 1.13. The zero-order chi connectivity index (χ0) is 17.6. The second kappa shape index (κ2) is 8.03. The molecule has 25 heavy (non-hydrogen) atoms. The van der Waals surface area contributed by atoms with Crippen molar-refractivity contribution in [1.29, 1.82) is 0 Å². The van der Waals surface area contributed by atoms with Crippen LogP contribution >= 0.6 is 0 Å². The van der Waals surface area contributed by atoms with Gasteiger partial charge in [0.25, 0.3) is 0 Å². The number of ether oxygens (including phenoxy) is 2. The van der Waals surface area contributed by atoms with Gasteiger partial charge in [0.1, 0.15) is 0 Å². The molecular weight excluding hydrogens is 316 g/mol. The van der Waals surface area contributed by atoms with Crippen molar-refractivity contribution in [3.05, 3.63) is 59.7 Å². The molecule has 2 aromatic carbocycles. The van der Waals surface area contributed by atoms with E-state index in [0.29, 0.717) is 19.4 Å². The minimum Gasteiger partial charge on any atom is -0.454 e. The van der Waals surface area contributed by atoms with Crippen molar-refractivity contribution in [2.45, 2.75) is 18.9 Å². The molecule has 1 aliphatic rings. The monoisotopic (exact) mass is 340 g/mol. The van der Waals surface area contributed by atoms with Gasteiger partial charge in [0.05, 0.1) is 6.04 Å². The summed E-state index contributed by atoms with van der Waals surface area (Å²) < 4.78 is 10.7. The number of amides is 1. The van der Waals surface area contributed by atoms with Crippen LogP contribution in [0.4, 0.5) is 0 Å². The maximum absolute atomic E-state index is 12.2. The molecule has 0 aromatic heterocycles. The first-order valence-electron chi connectivity index (χ1n) is 8.50. The fourth-order valence-corrected chi connectivity index (χ4v) is 2.93. The van der Waals surface area contributed by atoms with E-state index in [1.807, 2.05) is 50.5 Å². The molecule has 1 amide bonds. The molecule has 5 heteroatoms. The Morgan fingerprint density at radius 1 is 1.12 bits per heavy atom. The lowest BCUT2D eigenvalue weighted by Gasteiger charge is -2.25. The van der Waals surface area contributed by atoms with Crippen LogP contribution in [0.3, 0.4) is 0 Å². The van der Waals surface area contributed by atoms with Gasteiger partial charge in [0.2, 0.25) is 12.7 Å². The lowest BCUT2D eigenvalue weighted by molar-refractivity contribution is -0.121. The third kappa shape index (κ3) is 4.51. The maximum atomic E-state index is 12.2. The van der Waals surface area contributed by atoms with E-state index in [4.69, 9.17) is 9.47 Å². The average Bonchev–Trinajstić information content (AvgIpc) is 3.08. The summed E-state index contributed by atoms with van der Waals surface area (Å²) in [6.45, 7) is 0.863. The molecule has 1 aliphatic heterocycles. The summed E-state index contributed by atoms with van der Waals surface area (Å²) in [5.41, 5.74) is 2.27. The number of nitrogens with one attached hydrogen (secondary N) is 1. The molecular formula is C20H24N2O3. The third-order valence-electron chi connectivity index (χ3n) is 4.38. The van der Waals surface area contributed by atoms with Crippen LogP contribution < -0.4 is 14.8 Å². The number of carbonyl (C=O) groups is 1. The molecule has 0 saturated carbocycles. The number of carbonyl (C=O) groups excluding carboxylic acids is 1. The number of hydrogen-bond donors (Lipinski definition) is 1. The molecule has 0 bridgehead atoms. The van der Waals surface area contributed by atoms with Gasteiger partial charge in [-0.05, 0) is 43.8 Å². The van der Waals surface area contributed by atoms with Gasteiger partial charge in [0, 0.05) is 13.0 Å². The molecule has 0 saturated heterocycles. The van der Waals surface area contributed by atoms with Crippen molar-refractivity contribution < 1.29 is 14.3 Å². The number of fused-ring (bicyclic) bond motifs is 1. The van der Waals surface area contributed by atoms with Gasteiger partial charge >= 0.3 is 0 Å². The van der Waals surface area contributed by atoms with Gasteiger partial charge in [0.15, 0.2) is 11.5 Å². The van der Waals surface area contributed by atoms with Crippen LogP contribution in [-0.2, 0) is 11.2 Å². The van der Waals surface area contributed by atoms with E-state index in [-0.39, 0.29) is 18.7 Å². The molecule has 1 atom stereocenters. The minimum absolute atomic E-state index is 0.0560. The van der Waals surface area contributed by atoms with E-state index in [0.717, 1.165) is 17.1 Å². The quantitative estimate of drug-likeness (QED) is 0.842. The van der Waals surface area contributed by atoms with Crippen LogP contribution in [0.15, 0.2) is 48.5 Å². The van der Waals surface area contributed by atoms with Crippen molar-refractivity contribution in [1.82, 2.24) is 10.2 Å². The van der Waals surface area contributed by atoms with Gasteiger partial charge in [-0.3, -0.25) is 4.79 Å². The average molecular weight is 340 g/mol. The smallest absolute Gasteiger partial charge is 0.231 e. The van der Waals surface area contributed by atoms with E-state index in [2.05, 4.69) is 22.3 Å². The molecule has 0 spiro atoms. The van der Waals surface area contributed by atoms with Gasteiger partial charge in [-0.25, -0.2) is 0 Å². The van der Waals surface area contributed by atoms with Crippen LogP contribution in [0.2, 0.25) is 0 Å². The van der Waals surface area contributed by atoms with Gasteiger partial charge in [-0.2, -0.15) is 0 Å². The molecule has 0 fully saturated rings. The molecule has 0 radical (unpaired) electrons. The summed E-state index contributed by atoms with van der Waals surface area (Å²) in [6, 6.07) is 16.2. The summed E-state index contributed by atoms with van der Waals surface area (Å²) in [5, 5.41) is 3.05. The van der Waals surface area contributed by atoms with Crippen molar-refractivity contribution in [3.63, 3.8) is 0 Å². The van der Waals surface area contributed by atoms with E-state index in [1.165, 1.54) is 5.56 Å². The Hall–Kier alpha value is -2.53. The van der Waals surface area contributed by atoms with E-state index < -0.39 is 0 Å². The lowest BCUT2D eigenvalue weighted by Crippen LogP contribution is -2.34. The van der Waals surface area contributed by atoms with Gasteiger partial charge in [-0.1, -0.05) is 36.4 Å². The fraction of sp³-hybridized carbons (Fsp3) is 0.350. The predicted octanol–water partition coefficient (Wildman–Crippen LogP) is 2.77. The highest BCUT2D eigenvalue weighted by Gasteiger charge is 2.16. The molecule has 3 rings (SSSR count). The second-order valence-corrected chi connectivity index (χ2v) is 6.38. The predicted molar refractivity (Wildman–Crippen MR) is 96.8 cm³/mol. The SMILES string of the molecule is CN(C)C(CNC(=O)CCc1ccc2c(c1)OCO2)c1ccccc1. The number of benzene rings is 2. The zero-order valence-corrected chi connectivity index (χ0v) is 14.7. The topological polar surface area (TPSA) is 50.8 Å². The number of nitrogens with zero attached hydrogens (tertiary/aromatic N) is 1. The van der Waals surface area contributed by atoms with Crippen molar-refractivity contribution >= 4 is 5.91 Å². The van der Waals surface area contributed by atoms with E-state index in [9.17, 15) is 4.79 Å². The number of hydrogen-bond acceptors (Lipinski definition) is 4. The number of rotatable bonds is 7. The molecule has 1 heterocycles. The summed E-state index contributed by atoms with van der Waals surface area (Å²) in [5.74, 6) is 1.58. The van der Waals surface area contributed by atoms with Crippen molar-refractivity contribution in [2.75, 3.05) is 27.4 Å². The van der Waals surface area contributed by atoms with E-state index >= 15 is 0 Å². The zero-order valence-electron chi connectivity index (χ0n) is 14.7. The molecule has 1 N–H and O–H groups in total. The highest BCUT2D eigenvalue weighted by Crippen LogP contribution is 2.32. The van der Waals surface area contributed by atoms with Crippen LogP contribution in [0, 0.1) is 0 Å². The van der Waals surface area contributed by atoms with Crippen molar-refractivity contribution in [3.8, 4) is 11.5 Å². The van der Waals surface area contributed by atoms with E-state index in [1.54, 1.807) is 0 Å². The first kappa shape index (κ1) is 17.3. The first-order chi connectivity index (χ1) is 12.1. The number of aryl methyl sites for hydroxylation is 1. The summed E-state index contributed by atoms with van der Waals surface area (Å²) in [7, 11) is 4.05. The first-order valence-corrected chi connectivity index (χ1v) is 8.50. The normalized spacial score (nSPS) is 13.7. The fourth-order valence-electron chi connectivity index (χ4n) is 2.93. The summed E-state index contributed by atoms with van der Waals surface area (Å²) in [4.78, 5) is 14.3. The van der Waals surface area contributed by atoms with Crippen LogP contribution in [-0.4, -0.2) is 38.2 Å². The summed E-state index contributed by atoms with van der Waals surface area (Å²) >= 11 is 0. The molecule has 1 unspecified atom stereocenters. The van der Waals surface area contributed by atoms with Crippen LogP contribution in [0.25, 0.3) is 0 Å². The van der Waals surface area contributed by atoms with Gasteiger partial charge < -0.3 is 19.7 Å². The minimum atomic E-state index is 0.0560. The Morgan fingerprint density at radius 3 is 2.64 bits per heavy atom. The Bertz CT molecular complexity index is 716. The Labute approximate surface area is 148 Å². The Balaban J connectivity index is 1.50. The largest absolute Gasteiger partial charge is 0.454 e. The molecule has 2 aromatic rings. The lowest BCUT2D eigenvalue weighted by atomic mass is 10.1. The molecule has 0 aliphatic carbocycles. The third-order valence-corrected chi connectivity index (χ3v) is 4.38. The second-order valence-electron chi connectivity index (χ2n) is 6.38. The van der Waals surface area contributed by atoms with Crippen LogP contribution in [0.5, 0.6) is 11.5 Å². The van der Waals surface area contributed by atoms with Crippen molar-refractivity contribution in [2.24, 2.45) is 0 Å². The number of likely N-dealkylation sites (N-methyl/N-ethyl adjacent to an activating group) is 1. The Morgan fingerprint density at radius 2 is 1.88 bits per heavy atom. The highest BCUT2D eigenvalue weighted by atomic mass is 16.7. The highest BCUT2D eigenvalue weighted by molar-refractivity contribution is 5.76. The Kier molecular flexibility index (Phi) is 5.56. The van der Waals surface area contributed by atoms with Gasteiger partial charge in [-0.15, -0.1) is 0 Å². The molecule has 5 nitrogen and oxygen atoms in total. The standard InChI is InChI=1S/C20H24N2O3/c1-22(2)17(16-6-4-3-5-7-16)13-21-20(23)11-9-15-8-10-18-19(12-15)25-14-24-18/h3-8,10,12,17H,9,11,13-14H2,1-2H3,(H,21,23).